The first kappa shape index (κ1) is 16.0. The van der Waals surface area contributed by atoms with Gasteiger partial charge in [-0.1, -0.05) is 13.8 Å². The van der Waals surface area contributed by atoms with Crippen LogP contribution in [0.25, 0.3) is 0 Å². The number of aromatic nitrogens is 1. The van der Waals surface area contributed by atoms with Crippen LogP contribution in [0.5, 0.6) is 0 Å². The maximum Gasteiger partial charge on any atom is 0.345 e. The second-order valence-electron chi connectivity index (χ2n) is 5.08. The molecule has 21 heavy (non-hydrogen) atoms. The van der Waals surface area contributed by atoms with E-state index in [0.717, 1.165) is 37.6 Å². The van der Waals surface area contributed by atoms with Crippen molar-refractivity contribution in [3.8, 4) is 0 Å². The van der Waals surface area contributed by atoms with Crippen molar-refractivity contribution in [1.82, 2.24) is 9.27 Å². The van der Waals surface area contributed by atoms with E-state index in [2.05, 4.69) is 28.0 Å². The van der Waals surface area contributed by atoms with Crippen LogP contribution in [0.15, 0.2) is 0 Å². The molecule has 0 bridgehead atoms. The third kappa shape index (κ3) is 3.29. The molecule has 1 aromatic heterocycles. The fourth-order valence-corrected chi connectivity index (χ4v) is 3.71. The Morgan fingerprint density at radius 3 is 2.81 bits per heavy atom. The summed E-state index contributed by atoms with van der Waals surface area (Å²) in [5.41, 5.74) is 6.28. The van der Waals surface area contributed by atoms with Crippen molar-refractivity contribution in [2.24, 2.45) is 0 Å². The van der Waals surface area contributed by atoms with Crippen LogP contribution in [0.4, 0.5) is 10.8 Å². The van der Waals surface area contributed by atoms with E-state index >= 15 is 0 Å². The number of carbonyl (C=O) groups is 1. The predicted octanol–water partition coefficient (Wildman–Crippen LogP) is 1.82. The number of anilines is 2. The van der Waals surface area contributed by atoms with E-state index in [1.54, 1.807) is 6.92 Å². The van der Waals surface area contributed by atoms with Gasteiger partial charge in [0.2, 0.25) is 0 Å². The number of rotatable bonds is 6. The number of nitrogen functional groups attached to an aromatic ring is 1. The van der Waals surface area contributed by atoms with Gasteiger partial charge in [-0.15, -0.1) is 0 Å². The first-order valence-electron chi connectivity index (χ1n) is 7.53. The highest BCUT2D eigenvalue weighted by molar-refractivity contribution is 7.11. The summed E-state index contributed by atoms with van der Waals surface area (Å²) in [4.78, 5) is 16.7. The molecule has 1 aromatic rings. The fourth-order valence-electron chi connectivity index (χ4n) is 2.87. The van der Waals surface area contributed by atoms with E-state index in [1.807, 2.05) is 0 Å². The second kappa shape index (κ2) is 7.09. The van der Waals surface area contributed by atoms with Gasteiger partial charge < -0.3 is 15.4 Å². The van der Waals surface area contributed by atoms with E-state index in [0.29, 0.717) is 18.2 Å². The average Bonchev–Trinajstić information content (AvgIpc) is 3.07. The molecular formula is C14H24N4O2S. The van der Waals surface area contributed by atoms with E-state index in [9.17, 15) is 4.79 Å². The summed E-state index contributed by atoms with van der Waals surface area (Å²) in [7, 11) is 0. The second-order valence-corrected chi connectivity index (χ2v) is 5.83. The standard InChI is InChI=1S/C14H24N4O2S/c1-4-17(5-2)10-7-8-18(9-10)13-11(12(15)16-21-13)14(19)20-6-3/h10H,4-9H2,1-3H3,(H2,15,16). The van der Waals surface area contributed by atoms with Crippen molar-refractivity contribution in [3.63, 3.8) is 0 Å². The Labute approximate surface area is 130 Å². The lowest BCUT2D eigenvalue weighted by Crippen LogP contribution is -2.37. The van der Waals surface area contributed by atoms with Gasteiger partial charge in [-0.25, -0.2) is 4.79 Å². The molecule has 1 saturated heterocycles. The number of nitrogens with two attached hydrogens (primary N) is 1. The molecule has 0 saturated carbocycles. The molecule has 2 rings (SSSR count). The van der Waals surface area contributed by atoms with Gasteiger partial charge in [-0.05, 0) is 38.0 Å². The van der Waals surface area contributed by atoms with E-state index < -0.39 is 0 Å². The van der Waals surface area contributed by atoms with Crippen molar-refractivity contribution in [2.75, 3.05) is 43.4 Å². The highest BCUT2D eigenvalue weighted by Crippen LogP contribution is 2.34. The maximum absolute atomic E-state index is 12.1. The lowest BCUT2D eigenvalue weighted by atomic mass is 10.2. The molecule has 2 heterocycles. The summed E-state index contributed by atoms with van der Waals surface area (Å²) >= 11 is 1.29. The number of carbonyl (C=O) groups excluding carboxylic acids is 1. The fraction of sp³-hybridized carbons (Fsp3) is 0.714. The van der Waals surface area contributed by atoms with Crippen molar-refractivity contribution in [3.05, 3.63) is 5.56 Å². The molecule has 1 aliphatic heterocycles. The summed E-state index contributed by atoms with van der Waals surface area (Å²) in [6.07, 6.45) is 1.10. The van der Waals surface area contributed by atoms with Crippen LogP contribution < -0.4 is 10.6 Å². The van der Waals surface area contributed by atoms with Crippen LogP contribution in [0, 0.1) is 0 Å². The summed E-state index contributed by atoms with van der Waals surface area (Å²) in [5, 5.41) is 0.848. The molecule has 1 atom stereocenters. The molecule has 0 aromatic carbocycles. The van der Waals surface area contributed by atoms with Crippen LogP contribution >= 0.6 is 11.5 Å². The van der Waals surface area contributed by atoms with Crippen molar-refractivity contribution >= 4 is 28.3 Å². The van der Waals surface area contributed by atoms with Crippen LogP contribution in [-0.2, 0) is 4.74 Å². The molecule has 0 aliphatic carbocycles. The normalized spacial score (nSPS) is 18.5. The van der Waals surface area contributed by atoms with Gasteiger partial charge in [-0.3, -0.25) is 4.90 Å². The smallest absolute Gasteiger partial charge is 0.345 e. The molecular weight excluding hydrogens is 288 g/mol. The largest absolute Gasteiger partial charge is 0.462 e. The zero-order chi connectivity index (χ0) is 15.4. The number of hydrogen-bond acceptors (Lipinski definition) is 7. The van der Waals surface area contributed by atoms with Crippen LogP contribution in [0.3, 0.4) is 0 Å². The molecule has 0 amide bonds. The number of nitrogens with zero attached hydrogens (tertiary/aromatic N) is 3. The molecule has 0 spiro atoms. The Hall–Kier alpha value is -1.34. The van der Waals surface area contributed by atoms with Crippen LogP contribution in [-0.4, -0.2) is 54.1 Å². The molecule has 1 unspecified atom stereocenters. The molecule has 7 heteroatoms. The number of likely N-dealkylation sites (N-methyl/N-ethyl adjacent to an activating group) is 1. The summed E-state index contributed by atoms with van der Waals surface area (Å²) in [6, 6.07) is 0.526. The third-order valence-corrected chi connectivity index (χ3v) is 4.88. The zero-order valence-electron chi connectivity index (χ0n) is 13.0. The topological polar surface area (TPSA) is 71.7 Å². The Bertz CT molecular complexity index is 487. The first-order chi connectivity index (χ1) is 10.1. The van der Waals surface area contributed by atoms with Gasteiger partial charge in [0, 0.05) is 19.1 Å². The van der Waals surface area contributed by atoms with Gasteiger partial charge >= 0.3 is 5.97 Å². The molecule has 1 aliphatic rings. The number of esters is 1. The summed E-state index contributed by atoms with van der Waals surface area (Å²) < 4.78 is 9.23. The van der Waals surface area contributed by atoms with Crippen molar-refractivity contribution < 1.29 is 9.53 Å². The summed E-state index contributed by atoms with van der Waals surface area (Å²) in [6.45, 7) is 10.4. The Morgan fingerprint density at radius 1 is 1.48 bits per heavy atom. The highest BCUT2D eigenvalue weighted by Gasteiger charge is 2.31. The average molecular weight is 312 g/mol. The maximum atomic E-state index is 12.1. The molecule has 2 N–H and O–H groups in total. The van der Waals surface area contributed by atoms with E-state index in [4.69, 9.17) is 10.5 Å². The SMILES string of the molecule is CCOC(=O)c1c(N)nsc1N1CCC(N(CC)CC)C1. The lowest BCUT2D eigenvalue weighted by Gasteiger charge is -2.26. The Kier molecular flexibility index (Phi) is 5.41. The Balaban J connectivity index is 2.15. The van der Waals surface area contributed by atoms with Gasteiger partial charge in [0.25, 0.3) is 0 Å². The minimum absolute atomic E-state index is 0.278. The van der Waals surface area contributed by atoms with Crippen LogP contribution in [0.2, 0.25) is 0 Å². The Morgan fingerprint density at radius 2 is 2.19 bits per heavy atom. The van der Waals surface area contributed by atoms with Gasteiger partial charge in [0.1, 0.15) is 10.6 Å². The molecule has 1 fully saturated rings. The third-order valence-electron chi connectivity index (χ3n) is 3.96. The monoisotopic (exact) mass is 312 g/mol. The molecule has 118 valence electrons. The van der Waals surface area contributed by atoms with Crippen molar-refractivity contribution in [2.45, 2.75) is 33.2 Å². The first-order valence-corrected chi connectivity index (χ1v) is 8.30. The number of hydrogen-bond donors (Lipinski definition) is 1. The minimum atomic E-state index is -0.370. The predicted molar refractivity (Wildman–Crippen MR) is 86.0 cm³/mol. The van der Waals surface area contributed by atoms with Gasteiger partial charge in [-0.2, -0.15) is 4.37 Å². The zero-order valence-corrected chi connectivity index (χ0v) is 13.8. The number of ether oxygens (including phenoxy) is 1. The molecule has 0 radical (unpaired) electrons. The van der Waals surface area contributed by atoms with E-state index in [1.165, 1.54) is 11.5 Å². The lowest BCUT2D eigenvalue weighted by molar-refractivity contribution is 0.0528. The van der Waals surface area contributed by atoms with Crippen LogP contribution in [0.1, 0.15) is 37.6 Å². The van der Waals surface area contributed by atoms with Gasteiger partial charge in [0.15, 0.2) is 5.82 Å². The quantitative estimate of drug-likeness (QED) is 0.808. The molecule has 6 nitrogen and oxygen atoms in total. The van der Waals surface area contributed by atoms with Crippen molar-refractivity contribution in [1.29, 1.82) is 0 Å². The summed E-state index contributed by atoms with van der Waals surface area (Å²) in [5.74, 6) is -0.0928. The van der Waals surface area contributed by atoms with Gasteiger partial charge in [0.05, 0.1) is 6.61 Å². The highest BCUT2D eigenvalue weighted by atomic mass is 32.1. The minimum Gasteiger partial charge on any atom is -0.462 e. The van der Waals surface area contributed by atoms with E-state index in [-0.39, 0.29) is 11.8 Å².